The number of aromatic amines is 1. The molecule has 0 radical (unpaired) electrons. The molecular weight excluding hydrogens is 939 g/mol. The highest BCUT2D eigenvalue weighted by molar-refractivity contribution is 7.91. The maximum atomic E-state index is 16.1. The first-order valence-electron chi connectivity index (χ1n) is 25.7. The molecule has 18 nitrogen and oxygen atoms in total. The molecule has 2 aromatic heterocycles. The summed E-state index contributed by atoms with van der Waals surface area (Å²) in [6.45, 7) is 9.31. The van der Waals surface area contributed by atoms with Crippen molar-refractivity contribution in [2.45, 2.75) is 117 Å². The molecule has 3 aromatic carbocycles. The number of aromatic nitrogens is 2. The number of pyridine rings is 1. The van der Waals surface area contributed by atoms with Crippen LogP contribution in [0.2, 0.25) is 0 Å². The monoisotopic (exact) mass is 999 g/mol. The lowest BCUT2D eigenvalue weighted by Crippen LogP contribution is -2.55. The number of H-pyrrole nitrogens is 1. The van der Waals surface area contributed by atoms with Crippen LogP contribution in [-0.4, -0.2) is 135 Å². The van der Waals surface area contributed by atoms with E-state index in [9.17, 15) is 14.9 Å². The molecule has 6 atom stereocenters. The van der Waals surface area contributed by atoms with Crippen LogP contribution in [0.3, 0.4) is 0 Å². The summed E-state index contributed by atoms with van der Waals surface area (Å²) in [7, 11) is -4.77. The fourth-order valence-electron chi connectivity index (χ4n) is 13.7. The number of ether oxygens (including phenoxy) is 4. The van der Waals surface area contributed by atoms with Crippen LogP contribution in [0.25, 0.3) is 11.0 Å². The molecule has 8 aliphatic rings. The molecule has 4 N–H and O–H groups in total. The Labute approximate surface area is 418 Å². The minimum absolute atomic E-state index is 0.0336. The van der Waals surface area contributed by atoms with E-state index < -0.39 is 38.5 Å². The van der Waals surface area contributed by atoms with Gasteiger partial charge in [0, 0.05) is 68.0 Å². The number of benzene rings is 3. The zero-order valence-corrected chi connectivity index (χ0v) is 41.4. The zero-order chi connectivity index (χ0) is 49.2. The van der Waals surface area contributed by atoms with Gasteiger partial charge in [0.15, 0.2) is 11.4 Å². The standard InChI is InChI=1S/C53H61N9O9S/c1-30(2)37-6-3-4-7-38(37)40-8-5-15-60(40)34-22-53(23-34)12-16-58(17-13-53)41-10-9-39(50(54)63)48(61-43-18-31-11-14-55-51(31)57-52(43)71-46-29-68-28-44(46)61)49(41)72(66,67)36-20-42(62(64)65)47-45(21-36)70-26-32(56-47)24-59-25-35-19-33(59)27-69-35/h3-4,6-7,9-11,14,18,20-21,30,32-35,40,44,46,56H,5,8,12-13,15-17,19,22-29H2,1-2H3,(H2,54,63)(H,55,57)/t32-,33-,35-,40-,44-,46-/m0/s1. The molecule has 378 valence electrons. The quantitative estimate of drug-likeness (QED) is 0.0894. The lowest BCUT2D eigenvalue weighted by atomic mass is 9.59. The number of hydrogen-bond acceptors (Lipinski definition) is 15. The molecule has 5 aromatic rings. The van der Waals surface area contributed by atoms with Crippen LogP contribution in [0, 0.1) is 15.5 Å². The second-order valence-corrected chi connectivity index (χ2v) is 23.7. The number of sulfone groups is 1. The van der Waals surface area contributed by atoms with Gasteiger partial charge in [-0.2, -0.15) is 4.98 Å². The second-order valence-electron chi connectivity index (χ2n) is 21.8. The summed E-state index contributed by atoms with van der Waals surface area (Å²) in [6, 6.07) is 18.7. The van der Waals surface area contributed by atoms with Crippen molar-refractivity contribution in [2.75, 3.05) is 74.3 Å². The van der Waals surface area contributed by atoms with Crippen molar-refractivity contribution in [3.8, 4) is 11.6 Å². The molecule has 13 rings (SSSR count). The number of likely N-dealkylation sites (tertiary alicyclic amines) is 2. The van der Waals surface area contributed by atoms with E-state index in [4.69, 9.17) is 29.7 Å². The zero-order valence-electron chi connectivity index (χ0n) is 40.6. The number of nitro groups is 1. The van der Waals surface area contributed by atoms with Crippen LogP contribution in [0.4, 0.5) is 28.4 Å². The molecule has 5 saturated heterocycles. The van der Waals surface area contributed by atoms with Gasteiger partial charge in [0.2, 0.25) is 15.7 Å². The number of anilines is 4. The van der Waals surface area contributed by atoms with Crippen LogP contribution in [0.15, 0.2) is 76.7 Å². The Morgan fingerprint density at radius 1 is 1.00 bits per heavy atom. The maximum Gasteiger partial charge on any atom is 0.297 e. The highest BCUT2D eigenvalue weighted by Gasteiger charge is 2.52. The van der Waals surface area contributed by atoms with E-state index in [0.717, 1.165) is 63.1 Å². The number of morpholine rings is 1. The fourth-order valence-corrected chi connectivity index (χ4v) is 15.4. The predicted octanol–water partition coefficient (Wildman–Crippen LogP) is 7.06. The summed E-state index contributed by atoms with van der Waals surface area (Å²) in [6.07, 6.45) is 8.51. The molecule has 1 spiro atoms. The van der Waals surface area contributed by atoms with Gasteiger partial charge in [-0.05, 0) is 98.2 Å². The Morgan fingerprint density at radius 2 is 1.83 bits per heavy atom. The molecule has 6 fully saturated rings. The highest BCUT2D eigenvalue weighted by atomic mass is 32.2. The van der Waals surface area contributed by atoms with Gasteiger partial charge in [0.25, 0.3) is 11.6 Å². The minimum atomic E-state index is -4.77. The van der Waals surface area contributed by atoms with Gasteiger partial charge in [-0.15, -0.1) is 0 Å². The third-order valence-electron chi connectivity index (χ3n) is 17.3. The Morgan fingerprint density at radius 3 is 2.60 bits per heavy atom. The number of nitrogens with zero attached hydrogens (tertiary/aromatic N) is 6. The van der Waals surface area contributed by atoms with Crippen molar-refractivity contribution in [1.29, 1.82) is 0 Å². The summed E-state index contributed by atoms with van der Waals surface area (Å²) < 4.78 is 56.8. The number of piperidine rings is 1. The Balaban J connectivity index is 0.883. The highest BCUT2D eigenvalue weighted by Crippen LogP contribution is 2.56. The van der Waals surface area contributed by atoms with Gasteiger partial charge in [0.05, 0.1) is 64.8 Å². The number of fused-ring (bicyclic) bond motifs is 6. The molecule has 7 aliphatic heterocycles. The Kier molecular flexibility index (Phi) is 11.0. The second kappa shape index (κ2) is 17.3. The van der Waals surface area contributed by atoms with Crippen LogP contribution >= 0.6 is 0 Å². The van der Waals surface area contributed by atoms with E-state index in [2.05, 4.69) is 63.1 Å². The van der Waals surface area contributed by atoms with Gasteiger partial charge < -0.3 is 44.8 Å². The van der Waals surface area contributed by atoms with Gasteiger partial charge in [0.1, 0.15) is 28.9 Å². The number of primary amides is 1. The third-order valence-corrected chi connectivity index (χ3v) is 19.1. The predicted molar refractivity (Wildman–Crippen MR) is 270 cm³/mol. The molecule has 72 heavy (non-hydrogen) atoms. The van der Waals surface area contributed by atoms with Gasteiger partial charge in [-0.25, -0.2) is 8.42 Å². The summed E-state index contributed by atoms with van der Waals surface area (Å²) >= 11 is 0. The fraction of sp³-hybridized carbons (Fsp3) is 0.509. The first-order chi connectivity index (χ1) is 34.8. The summed E-state index contributed by atoms with van der Waals surface area (Å²) in [5.41, 5.74) is 10.4. The van der Waals surface area contributed by atoms with E-state index in [0.29, 0.717) is 61.3 Å². The van der Waals surface area contributed by atoms with E-state index in [1.807, 2.05) is 17.0 Å². The van der Waals surface area contributed by atoms with Crippen molar-refractivity contribution in [3.63, 3.8) is 0 Å². The normalized spacial score (nSPS) is 26.8. The van der Waals surface area contributed by atoms with E-state index in [1.54, 1.807) is 18.3 Å². The Bertz CT molecular complexity index is 3110. The molecule has 19 heteroatoms. The van der Waals surface area contributed by atoms with Crippen molar-refractivity contribution in [3.05, 3.63) is 93.7 Å². The number of carbonyl (C=O) groups excluding carboxylic acids is 1. The summed E-state index contributed by atoms with van der Waals surface area (Å²) in [4.78, 5) is 42.8. The molecule has 1 amide bonds. The van der Waals surface area contributed by atoms with Crippen LogP contribution < -0.4 is 30.3 Å². The SMILES string of the molecule is CC(C)c1ccccc1[C@@H]1CCCN1C1CC2(CCN(c3ccc(C(N)=O)c(N4c5cc6cc[nH]c6nc5O[C@H]5COC[C@@H]54)c3S(=O)(=O)c3cc4c(c([N+](=O)[O-])c3)N[C@@H](CN3C[C@@H]5C[C@H]3CO5)CO4)CC2)C1. The number of carbonyl (C=O) groups is 1. The molecule has 1 saturated carbocycles. The maximum absolute atomic E-state index is 16.1. The third kappa shape index (κ3) is 7.51. The first-order valence-corrected chi connectivity index (χ1v) is 27.2. The smallest absolute Gasteiger partial charge is 0.297 e. The molecule has 1 aliphatic carbocycles. The minimum Gasteiger partial charge on any atom is -0.489 e. The van der Waals surface area contributed by atoms with Gasteiger partial charge in [-0.1, -0.05) is 38.1 Å². The summed E-state index contributed by atoms with van der Waals surface area (Å²) in [5, 5.41) is 17.2. The van der Waals surface area contributed by atoms with Crippen molar-refractivity contribution in [1.82, 2.24) is 19.8 Å². The van der Waals surface area contributed by atoms with E-state index in [1.165, 1.54) is 23.6 Å². The largest absolute Gasteiger partial charge is 0.489 e. The lowest BCUT2D eigenvalue weighted by molar-refractivity contribution is -0.384. The van der Waals surface area contributed by atoms with E-state index >= 15 is 8.42 Å². The molecule has 0 unspecified atom stereocenters. The topological polar surface area (TPSA) is 211 Å². The number of nitrogens with one attached hydrogen (secondary N) is 2. The van der Waals surface area contributed by atoms with Gasteiger partial charge in [-0.3, -0.25) is 24.7 Å². The van der Waals surface area contributed by atoms with Crippen LogP contribution in [-0.2, 0) is 19.3 Å². The van der Waals surface area contributed by atoms with Crippen molar-refractivity contribution in [2.24, 2.45) is 11.1 Å². The molecular formula is C53H61N9O9S. The molecule has 9 heterocycles. The number of amides is 1. The van der Waals surface area contributed by atoms with E-state index in [-0.39, 0.29) is 81.8 Å². The van der Waals surface area contributed by atoms with Gasteiger partial charge >= 0.3 is 0 Å². The van der Waals surface area contributed by atoms with Crippen molar-refractivity contribution < 1.29 is 37.1 Å². The number of rotatable bonds is 11. The Hall–Kier alpha value is -5.99. The molecule has 2 bridgehead atoms. The average Bonchev–Trinajstić information content (AvgIpc) is 4.24. The van der Waals surface area contributed by atoms with Crippen LogP contribution in [0.5, 0.6) is 11.6 Å². The summed E-state index contributed by atoms with van der Waals surface area (Å²) in [5.74, 6) is -0.0940. The number of hydrogen-bond donors (Lipinski definition) is 3. The van der Waals surface area contributed by atoms with Crippen LogP contribution in [0.1, 0.15) is 92.2 Å². The lowest BCUT2D eigenvalue weighted by Gasteiger charge is -2.56. The first kappa shape index (κ1) is 45.8. The number of nitro benzene ring substituents is 1. The number of nitrogens with two attached hydrogens (primary N) is 1. The van der Waals surface area contributed by atoms with Crippen molar-refractivity contribution >= 4 is 55.2 Å². The average molecular weight is 1000 g/mol.